The third-order valence-electron chi connectivity index (χ3n) is 6.14. The van der Waals surface area contributed by atoms with Crippen molar-refractivity contribution in [2.75, 3.05) is 13.2 Å². The van der Waals surface area contributed by atoms with Crippen LogP contribution in [0.4, 0.5) is 0 Å². The van der Waals surface area contributed by atoms with Gasteiger partial charge in [0.1, 0.15) is 37.1 Å². The predicted octanol–water partition coefficient (Wildman–Crippen LogP) is 0.765. The number of benzene rings is 1. The van der Waals surface area contributed by atoms with E-state index in [2.05, 4.69) is 16.2 Å². The largest absolute Gasteiger partial charge is 0.363 e. The maximum atomic E-state index is 12.6. The summed E-state index contributed by atoms with van der Waals surface area (Å²) in [6, 6.07) is 8.29. The third-order valence-corrected chi connectivity index (χ3v) is 6.14. The Morgan fingerprint density at radius 1 is 1.03 bits per heavy atom. The van der Waals surface area contributed by atoms with E-state index in [0.717, 1.165) is 5.56 Å². The second kappa shape index (κ2) is 11.5. The normalized spacial score (nSPS) is 30.1. The van der Waals surface area contributed by atoms with Crippen molar-refractivity contribution in [3.05, 3.63) is 42.0 Å². The van der Waals surface area contributed by atoms with Crippen molar-refractivity contribution >= 4 is 23.8 Å². The topological polar surface area (TPSA) is 143 Å². The number of hydrazine groups is 1. The number of fused-ring (bicyclic) bond motifs is 1. The first kappa shape index (κ1) is 28.1. The molecule has 3 N–H and O–H groups in total. The predicted molar refractivity (Wildman–Crippen MR) is 133 cm³/mol. The monoisotopic (exact) mass is 533 g/mol. The SMILES string of the molecule is CC(NC(=O)COC1C(C2COC(C)(C)O2)OC2OC(C)(C)OC21)C(=O)NNC(=O)C=Cc1ccccc1. The number of ether oxygens (including phenoxy) is 6. The fourth-order valence-corrected chi connectivity index (χ4v) is 4.40. The Balaban J connectivity index is 1.25. The lowest BCUT2D eigenvalue weighted by molar-refractivity contribution is -0.235. The standard InChI is InChI=1S/C26H35N3O9/c1-15(23(32)29-28-18(30)12-11-16-9-7-6-8-10-16)27-19(31)14-33-21-20(17-13-34-25(2,3)36-17)35-24-22(21)37-26(4,5)38-24/h6-12,15,17,20-22,24H,13-14H2,1-5H3,(H,27,31)(H,28,30)(H,29,32). The van der Waals surface area contributed by atoms with Crippen molar-refractivity contribution in [1.82, 2.24) is 16.2 Å². The van der Waals surface area contributed by atoms with Crippen molar-refractivity contribution < 1.29 is 42.8 Å². The number of rotatable bonds is 8. The summed E-state index contributed by atoms with van der Waals surface area (Å²) in [5.74, 6) is -3.30. The molecule has 6 unspecified atom stereocenters. The molecule has 38 heavy (non-hydrogen) atoms. The molecule has 12 nitrogen and oxygen atoms in total. The van der Waals surface area contributed by atoms with Crippen LogP contribution in [-0.2, 0) is 42.8 Å². The van der Waals surface area contributed by atoms with Crippen LogP contribution in [0.1, 0.15) is 40.2 Å². The van der Waals surface area contributed by atoms with E-state index >= 15 is 0 Å². The summed E-state index contributed by atoms with van der Waals surface area (Å²) in [6.07, 6.45) is -0.0576. The summed E-state index contributed by atoms with van der Waals surface area (Å²) in [5, 5.41) is 2.54. The molecule has 1 aromatic carbocycles. The van der Waals surface area contributed by atoms with Gasteiger partial charge in [0, 0.05) is 6.08 Å². The summed E-state index contributed by atoms with van der Waals surface area (Å²) >= 11 is 0. The van der Waals surface area contributed by atoms with Crippen LogP contribution in [0.15, 0.2) is 36.4 Å². The van der Waals surface area contributed by atoms with Crippen LogP contribution >= 0.6 is 0 Å². The molecule has 3 amide bonds. The Kier molecular flexibility index (Phi) is 8.50. The van der Waals surface area contributed by atoms with E-state index < -0.39 is 66.0 Å². The van der Waals surface area contributed by atoms with E-state index in [9.17, 15) is 14.4 Å². The van der Waals surface area contributed by atoms with Crippen LogP contribution in [0.2, 0.25) is 0 Å². The molecular formula is C26H35N3O9. The Hall–Kier alpha value is -2.87. The second-order valence-corrected chi connectivity index (χ2v) is 10.2. The molecular weight excluding hydrogens is 498 g/mol. The van der Waals surface area contributed by atoms with Crippen molar-refractivity contribution in [2.24, 2.45) is 0 Å². The molecule has 3 heterocycles. The van der Waals surface area contributed by atoms with Crippen molar-refractivity contribution in [3.63, 3.8) is 0 Å². The van der Waals surface area contributed by atoms with Crippen LogP contribution in [0, 0.1) is 0 Å². The third kappa shape index (κ3) is 7.16. The van der Waals surface area contributed by atoms with Gasteiger partial charge >= 0.3 is 0 Å². The van der Waals surface area contributed by atoms with Gasteiger partial charge in [0.2, 0.25) is 5.91 Å². The lowest BCUT2D eigenvalue weighted by Gasteiger charge is -2.29. The number of amides is 3. The maximum Gasteiger partial charge on any atom is 0.262 e. The van der Waals surface area contributed by atoms with E-state index in [-0.39, 0.29) is 13.2 Å². The fourth-order valence-electron chi connectivity index (χ4n) is 4.40. The van der Waals surface area contributed by atoms with Gasteiger partial charge in [0.15, 0.2) is 17.9 Å². The smallest absolute Gasteiger partial charge is 0.262 e. The zero-order valence-corrected chi connectivity index (χ0v) is 22.1. The van der Waals surface area contributed by atoms with Crippen LogP contribution in [0.25, 0.3) is 6.08 Å². The molecule has 0 aliphatic carbocycles. The number of carbonyl (C=O) groups is 3. The lowest BCUT2D eigenvalue weighted by Crippen LogP contribution is -2.52. The lowest BCUT2D eigenvalue weighted by atomic mass is 10.1. The maximum absolute atomic E-state index is 12.6. The molecule has 6 atom stereocenters. The molecule has 208 valence electrons. The van der Waals surface area contributed by atoms with Crippen LogP contribution < -0.4 is 16.2 Å². The highest BCUT2D eigenvalue weighted by Gasteiger charge is 2.59. The van der Waals surface area contributed by atoms with E-state index in [1.165, 1.54) is 13.0 Å². The number of nitrogens with one attached hydrogen (secondary N) is 3. The number of carbonyl (C=O) groups excluding carboxylic acids is 3. The minimum atomic E-state index is -0.940. The number of hydrogen-bond acceptors (Lipinski definition) is 9. The summed E-state index contributed by atoms with van der Waals surface area (Å²) < 4.78 is 35.4. The zero-order chi connectivity index (χ0) is 27.5. The highest BCUT2D eigenvalue weighted by atomic mass is 16.8. The van der Waals surface area contributed by atoms with Gasteiger partial charge in [0.25, 0.3) is 11.8 Å². The van der Waals surface area contributed by atoms with Gasteiger partial charge in [-0.1, -0.05) is 30.3 Å². The average molecular weight is 534 g/mol. The molecule has 3 fully saturated rings. The van der Waals surface area contributed by atoms with Gasteiger partial charge in [-0.25, -0.2) is 0 Å². The van der Waals surface area contributed by atoms with E-state index in [1.54, 1.807) is 33.8 Å². The molecule has 3 aliphatic heterocycles. The quantitative estimate of drug-likeness (QED) is 0.326. The summed E-state index contributed by atoms with van der Waals surface area (Å²) in [6.45, 7) is 8.55. The molecule has 3 aliphatic rings. The van der Waals surface area contributed by atoms with Crippen molar-refractivity contribution in [2.45, 2.75) is 82.9 Å². The Morgan fingerprint density at radius 2 is 1.76 bits per heavy atom. The molecule has 0 saturated carbocycles. The molecule has 0 bridgehead atoms. The Labute approximate surface area is 221 Å². The average Bonchev–Trinajstić information content (AvgIpc) is 3.48. The van der Waals surface area contributed by atoms with Crippen LogP contribution in [0.3, 0.4) is 0 Å². The van der Waals surface area contributed by atoms with Gasteiger partial charge in [-0.3, -0.25) is 25.2 Å². The Morgan fingerprint density at radius 3 is 2.45 bits per heavy atom. The fraction of sp³-hybridized carbons (Fsp3) is 0.577. The van der Waals surface area contributed by atoms with Crippen molar-refractivity contribution in [1.29, 1.82) is 0 Å². The van der Waals surface area contributed by atoms with Gasteiger partial charge < -0.3 is 33.7 Å². The minimum Gasteiger partial charge on any atom is -0.363 e. The van der Waals surface area contributed by atoms with Crippen molar-refractivity contribution in [3.8, 4) is 0 Å². The van der Waals surface area contributed by atoms with Crippen LogP contribution in [-0.4, -0.2) is 79.3 Å². The van der Waals surface area contributed by atoms with E-state index in [0.29, 0.717) is 0 Å². The van der Waals surface area contributed by atoms with Crippen LogP contribution in [0.5, 0.6) is 0 Å². The molecule has 0 aromatic heterocycles. The molecule has 3 saturated heterocycles. The molecule has 0 spiro atoms. The van der Waals surface area contributed by atoms with Gasteiger partial charge in [-0.05, 0) is 46.3 Å². The highest BCUT2D eigenvalue weighted by molar-refractivity contribution is 5.94. The van der Waals surface area contributed by atoms with Gasteiger partial charge in [-0.15, -0.1) is 0 Å². The first-order valence-electron chi connectivity index (χ1n) is 12.5. The summed E-state index contributed by atoms with van der Waals surface area (Å²) in [7, 11) is 0. The summed E-state index contributed by atoms with van der Waals surface area (Å²) in [5.41, 5.74) is 5.40. The Bertz CT molecular complexity index is 1050. The molecule has 1 aromatic rings. The first-order valence-corrected chi connectivity index (χ1v) is 12.5. The first-order chi connectivity index (χ1) is 17.9. The minimum absolute atomic E-state index is 0.288. The second-order valence-electron chi connectivity index (χ2n) is 10.2. The van der Waals surface area contributed by atoms with Gasteiger partial charge in [-0.2, -0.15) is 0 Å². The van der Waals surface area contributed by atoms with Gasteiger partial charge in [0.05, 0.1) is 6.61 Å². The van der Waals surface area contributed by atoms with E-state index in [1.807, 2.05) is 30.3 Å². The van der Waals surface area contributed by atoms with E-state index in [4.69, 9.17) is 28.4 Å². The number of hydrogen-bond donors (Lipinski definition) is 3. The highest BCUT2D eigenvalue weighted by Crippen LogP contribution is 2.41. The molecule has 12 heteroatoms. The summed E-state index contributed by atoms with van der Waals surface area (Å²) in [4.78, 5) is 36.9. The molecule has 0 radical (unpaired) electrons. The zero-order valence-electron chi connectivity index (χ0n) is 22.1. The molecule has 4 rings (SSSR count).